The maximum Gasteiger partial charge on any atom is 0.337 e. The molecule has 0 saturated carbocycles. The number of hydrogen-bond donors (Lipinski definition) is 3. The Labute approximate surface area is 160 Å². The minimum absolute atomic E-state index is 0.0157. The van der Waals surface area contributed by atoms with E-state index in [9.17, 15) is 19.5 Å². The molecule has 2 aromatic rings. The van der Waals surface area contributed by atoms with E-state index >= 15 is 0 Å². The highest BCUT2D eigenvalue weighted by Crippen LogP contribution is 2.35. The maximum atomic E-state index is 12.5. The molecule has 0 aromatic heterocycles. The fraction of sp³-hybridized carbons (Fsp3) is 0.150. The van der Waals surface area contributed by atoms with Crippen LogP contribution in [0.4, 0.5) is 5.69 Å². The van der Waals surface area contributed by atoms with Crippen LogP contribution in [0.25, 0.3) is 5.57 Å². The standard InChI is InChI=1S/C20H18N2O6/c1-27-16-8-13-11(10-21-19(24)14(13)9-17(16)28-2)7-18(23)22-15-6-4-3-5-12(15)20(25)26/h3-9H,10H2,1-2H3,(H,21,24)(H,22,23)(H,25,26)/b11-7+. The van der Waals surface area contributed by atoms with Gasteiger partial charge >= 0.3 is 5.97 Å². The molecule has 8 nitrogen and oxygen atoms in total. The molecule has 0 fully saturated rings. The number of carbonyl (C=O) groups excluding carboxylic acids is 2. The number of nitrogens with one attached hydrogen (secondary N) is 2. The molecule has 28 heavy (non-hydrogen) atoms. The van der Waals surface area contributed by atoms with Crippen LogP contribution >= 0.6 is 0 Å². The highest BCUT2D eigenvalue weighted by Gasteiger charge is 2.24. The van der Waals surface area contributed by atoms with E-state index in [1.54, 1.807) is 24.3 Å². The van der Waals surface area contributed by atoms with Gasteiger partial charge in [-0.05, 0) is 35.4 Å². The number of methoxy groups -OCH3 is 2. The van der Waals surface area contributed by atoms with Gasteiger partial charge in [-0.25, -0.2) is 4.79 Å². The number of fused-ring (bicyclic) bond motifs is 1. The molecule has 1 aliphatic rings. The van der Waals surface area contributed by atoms with Crippen molar-refractivity contribution >= 4 is 29.0 Å². The molecule has 3 rings (SSSR count). The van der Waals surface area contributed by atoms with E-state index < -0.39 is 11.9 Å². The van der Waals surface area contributed by atoms with Gasteiger partial charge in [-0.1, -0.05) is 12.1 Å². The second-order valence-electron chi connectivity index (χ2n) is 5.95. The van der Waals surface area contributed by atoms with E-state index in [2.05, 4.69) is 10.6 Å². The summed E-state index contributed by atoms with van der Waals surface area (Å²) in [5.41, 5.74) is 1.63. The second kappa shape index (κ2) is 7.83. The van der Waals surface area contributed by atoms with Gasteiger partial charge in [0.05, 0.1) is 31.0 Å². The third kappa shape index (κ3) is 3.66. The maximum absolute atomic E-state index is 12.5. The molecule has 2 aromatic carbocycles. The summed E-state index contributed by atoms with van der Waals surface area (Å²) in [6.07, 6.45) is 1.32. The van der Waals surface area contributed by atoms with Gasteiger partial charge in [0, 0.05) is 12.6 Å². The highest BCUT2D eigenvalue weighted by molar-refractivity contribution is 6.11. The Morgan fingerprint density at radius 2 is 1.75 bits per heavy atom. The van der Waals surface area contributed by atoms with Crippen molar-refractivity contribution in [3.05, 3.63) is 59.2 Å². The van der Waals surface area contributed by atoms with E-state index in [1.165, 1.54) is 32.4 Å². The fourth-order valence-electron chi connectivity index (χ4n) is 2.93. The molecule has 0 bridgehead atoms. The van der Waals surface area contributed by atoms with Gasteiger partial charge in [-0.15, -0.1) is 0 Å². The molecule has 1 aliphatic heterocycles. The lowest BCUT2D eigenvalue weighted by molar-refractivity contribution is -0.111. The number of anilines is 1. The van der Waals surface area contributed by atoms with Gasteiger partial charge in [0.1, 0.15) is 0 Å². The second-order valence-corrected chi connectivity index (χ2v) is 5.95. The number of amides is 2. The molecule has 0 unspecified atom stereocenters. The molecule has 1 heterocycles. The zero-order valence-corrected chi connectivity index (χ0v) is 15.2. The van der Waals surface area contributed by atoms with Gasteiger partial charge < -0.3 is 25.2 Å². The third-order valence-corrected chi connectivity index (χ3v) is 4.27. The Balaban J connectivity index is 1.96. The van der Waals surface area contributed by atoms with E-state index in [-0.39, 0.29) is 23.7 Å². The zero-order valence-electron chi connectivity index (χ0n) is 15.2. The zero-order chi connectivity index (χ0) is 20.3. The summed E-state index contributed by atoms with van der Waals surface area (Å²) in [6.45, 7) is 0.148. The molecule has 3 N–H and O–H groups in total. The molecule has 0 spiro atoms. The topological polar surface area (TPSA) is 114 Å². The third-order valence-electron chi connectivity index (χ3n) is 4.27. The predicted molar refractivity (Wildman–Crippen MR) is 102 cm³/mol. The van der Waals surface area contributed by atoms with Gasteiger partial charge in [-0.2, -0.15) is 0 Å². The number of carboxylic acids is 1. The quantitative estimate of drug-likeness (QED) is 0.683. The minimum atomic E-state index is -1.14. The number of ether oxygens (including phenoxy) is 2. The minimum Gasteiger partial charge on any atom is -0.493 e. The number of rotatable bonds is 5. The van der Waals surface area contributed by atoms with Gasteiger partial charge in [-0.3, -0.25) is 9.59 Å². The van der Waals surface area contributed by atoms with Crippen LogP contribution in [-0.2, 0) is 4.79 Å². The summed E-state index contributed by atoms with van der Waals surface area (Å²) in [6, 6.07) is 9.29. The van der Waals surface area contributed by atoms with Crippen LogP contribution in [0.15, 0.2) is 42.5 Å². The molecule has 0 saturated heterocycles. The van der Waals surface area contributed by atoms with Crippen molar-refractivity contribution in [3.63, 3.8) is 0 Å². The van der Waals surface area contributed by atoms with E-state index in [4.69, 9.17) is 9.47 Å². The van der Waals surface area contributed by atoms with Crippen molar-refractivity contribution < 1.29 is 29.0 Å². The summed E-state index contributed by atoms with van der Waals surface area (Å²) < 4.78 is 10.5. The van der Waals surface area contributed by atoms with Crippen LogP contribution in [0.1, 0.15) is 26.3 Å². The molecule has 0 radical (unpaired) electrons. The lowest BCUT2D eigenvalue weighted by Crippen LogP contribution is -2.31. The predicted octanol–water partition coefficient (Wildman–Crippen LogP) is 2.17. The van der Waals surface area contributed by atoms with Crippen LogP contribution < -0.4 is 20.1 Å². The summed E-state index contributed by atoms with van der Waals surface area (Å²) in [5, 5.41) is 14.5. The lowest BCUT2D eigenvalue weighted by atomic mass is 9.94. The van der Waals surface area contributed by atoms with Crippen molar-refractivity contribution in [2.24, 2.45) is 0 Å². The molecule has 0 aliphatic carbocycles. The largest absolute Gasteiger partial charge is 0.493 e. The first kappa shape index (κ1) is 19.0. The monoisotopic (exact) mass is 382 g/mol. The summed E-state index contributed by atoms with van der Waals surface area (Å²) >= 11 is 0. The van der Waals surface area contributed by atoms with Crippen LogP contribution in [0, 0.1) is 0 Å². The smallest absolute Gasteiger partial charge is 0.337 e. The number of benzene rings is 2. The summed E-state index contributed by atoms with van der Waals surface area (Å²) in [7, 11) is 2.95. The molecule has 0 atom stereocenters. The van der Waals surface area contributed by atoms with E-state index in [0.29, 0.717) is 28.2 Å². The van der Waals surface area contributed by atoms with Gasteiger partial charge in [0.15, 0.2) is 11.5 Å². The fourth-order valence-corrected chi connectivity index (χ4v) is 2.93. The first-order chi connectivity index (χ1) is 13.4. The van der Waals surface area contributed by atoms with E-state index in [0.717, 1.165) is 0 Å². The number of carboxylic acid groups (broad SMARTS) is 1. The van der Waals surface area contributed by atoms with Gasteiger partial charge in [0.2, 0.25) is 5.91 Å². The van der Waals surface area contributed by atoms with Crippen molar-refractivity contribution in [1.82, 2.24) is 5.32 Å². The Morgan fingerprint density at radius 1 is 1.11 bits per heavy atom. The van der Waals surface area contributed by atoms with Crippen LogP contribution in [-0.4, -0.2) is 43.7 Å². The Morgan fingerprint density at radius 3 is 2.39 bits per heavy atom. The average Bonchev–Trinajstić information content (AvgIpc) is 2.69. The highest BCUT2D eigenvalue weighted by atomic mass is 16.5. The molecule has 144 valence electrons. The van der Waals surface area contributed by atoms with Crippen molar-refractivity contribution in [3.8, 4) is 11.5 Å². The molecular formula is C20H18N2O6. The lowest BCUT2D eigenvalue weighted by Gasteiger charge is -2.21. The Bertz CT molecular complexity index is 996. The summed E-state index contributed by atoms with van der Waals surface area (Å²) in [4.78, 5) is 36.0. The van der Waals surface area contributed by atoms with Crippen LogP contribution in [0.5, 0.6) is 11.5 Å². The van der Waals surface area contributed by atoms with Crippen LogP contribution in [0.2, 0.25) is 0 Å². The van der Waals surface area contributed by atoms with E-state index in [1.807, 2.05) is 0 Å². The van der Waals surface area contributed by atoms with Crippen molar-refractivity contribution in [2.45, 2.75) is 0 Å². The molecule has 2 amide bonds. The Hall–Kier alpha value is -3.81. The van der Waals surface area contributed by atoms with Crippen molar-refractivity contribution in [2.75, 3.05) is 26.1 Å². The molecule has 8 heteroatoms. The summed E-state index contributed by atoms with van der Waals surface area (Å²) in [5.74, 6) is -1.11. The first-order valence-corrected chi connectivity index (χ1v) is 8.33. The number of para-hydroxylation sites is 1. The first-order valence-electron chi connectivity index (χ1n) is 8.33. The number of aromatic carboxylic acids is 1. The Kier molecular flexibility index (Phi) is 5.30. The number of hydrogen-bond acceptors (Lipinski definition) is 5. The van der Waals surface area contributed by atoms with Gasteiger partial charge in [0.25, 0.3) is 5.91 Å². The normalized spacial score (nSPS) is 14.1. The average molecular weight is 382 g/mol. The molecular weight excluding hydrogens is 364 g/mol. The SMILES string of the molecule is COc1cc2c(cc1OC)/C(=C/C(=O)Nc1ccccc1C(=O)O)CNC2=O. The van der Waals surface area contributed by atoms with Crippen LogP contribution in [0.3, 0.4) is 0 Å². The number of carbonyl (C=O) groups is 3. The van der Waals surface area contributed by atoms with Crippen molar-refractivity contribution in [1.29, 1.82) is 0 Å².